The van der Waals surface area contributed by atoms with Gasteiger partial charge in [-0.1, -0.05) is 0 Å². The Morgan fingerprint density at radius 2 is 1.94 bits per heavy atom. The van der Waals surface area contributed by atoms with Gasteiger partial charge in [0.2, 0.25) is 5.91 Å². The van der Waals surface area contributed by atoms with Crippen molar-refractivity contribution < 1.29 is 23.1 Å². The van der Waals surface area contributed by atoms with E-state index in [4.69, 9.17) is 9.15 Å². The number of fused-ring (bicyclic) bond motifs is 1. The van der Waals surface area contributed by atoms with Crippen molar-refractivity contribution in [1.29, 1.82) is 0 Å². The van der Waals surface area contributed by atoms with Crippen LogP contribution in [0.2, 0.25) is 0 Å². The number of hydrogen-bond acceptors (Lipinski definition) is 4. The lowest BCUT2D eigenvalue weighted by Gasteiger charge is -2.44. The summed E-state index contributed by atoms with van der Waals surface area (Å²) in [4.78, 5) is 28.5. The predicted octanol–water partition coefficient (Wildman–Crippen LogP) is 3.85. The van der Waals surface area contributed by atoms with Crippen molar-refractivity contribution in [2.75, 3.05) is 24.7 Å². The molecule has 0 saturated heterocycles. The Morgan fingerprint density at radius 3 is 2.62 bits per heavy atom. The minimum atomic E-state index is -1.24. The van der Waals surface area contributed by atoms with Crippen LogP contribution < -0.4 is 10.2 Å². The van der Waals surface area contributed by atoms with E-state index >= 15 is 0 Å². The molecule has 1 unspecified atom stereocenters. The smallest absolute Gasteiger partial charge is 0.275 e. The molecule has 4 rings (SSSR count). The topological polar surface area (TPSA) is 76.7 Å². The van der Waals surface area contributed by atoms with E-state index in [1.54, 1.807) is 36.0 Å². The Kier molecular flexibility index (Phi) is 6.14. The van der Waals surface area contributed by atoms with Gasteiger partial charge in [-0.3, -0.25) is 14.5 Å². The van der Waals surface area contributed by atoms with Gasteiger partial charge in [0.15, 0.2) is 0 Å². The maximum absolute atomic E-state index is 13.6. The SMILES string of the molecule is CCOCCCNC(=O)C1(C)Cn2c(ccc2-c2ccco2)C(=O)N1c1ccc(F)cc1. The van der Waals surface area contributed by atoms with Crippen molar-refractivity contribution in [2.24, 2.45) is 0 Å². The van der Waals surface area contributed by atoms with Crippen LogP contribution in [0.15, 0.2) is 59.2 Å². The molecule has 1 N–H and O–H groups in total. The molecule has 0 fully saturated rings. The third-order valence-corrected chi connectivity index (χ3v) is 5.67. The number of carbonyl (C=O) groups excluding carboxylic acids is 2. The number of nitrogens with one attached hydrogen (secondary N) is 1. The number of furan rings is 1. The van der Waals surface area contributed by atoms with Gasteiger partial charge in [0.05, 0.1) is 18.5 Å². The Morgan fingerprint density at radius 1 is 1.19 bits per heavy atom. The number of anilines is 1. The summed E-state index contributed by atoms with van der Waals surface area (Å²) in [5, 5.41) is 2.94. The lowest BCUT2D eigenvalue weighted by atomic mass is 9.93. The van der Waals surface area contributed by atoms with Crippen molar-refractivity contribution in [3.05, 3.63) is 66.3 Å². The second-order valence-electron chi connectivity index (χ2n) is 7.86. The first-order valence-corrected chi connectivity index (χ1v) is 10.7. The molecule has 1 atom stereocenters. The van der Waals surface area contributed by atoms with Gasteiger partial charge in [0, 0.05) is 25.4 Å². The van der Waals surface area contributed by atoms with Gasteiger partial charge in [0.1, 0.15) is 22.8 Å². The van der Waals surface area contributed by atoms with Crippen LogP contribution in [0.25, 0.3) is 11.5 Å². The molecule has 1 aromatic carbocycles. The van der Waals surface area contributed by atoms with E-state index in [9.17, 15) is 14.0 Å². The minimum Gasteiger partial charge on any atom is -0.463 e. The zero-order valence-electron chi connectivity index (χ0n) is 18.1. The van der Waals surface area contributed by atoms with Crippen molar-refractivity contribution in [1.82, 2.24) is 9.88 Å². The summed E-state index contributed by atoms with van der Waals surface area (Å²) in [6, 6.07) is 12.7. The summed E-state index contributed by atoms with van der Waals surface area (Å²) in [6.45, 7) is 5.43. The number of nitrogens with zero attached hydrogens (tertiary/aromatic N) is 2. The Bertz CT molecular complexity index is 1090. The average Bonchev–Trinajstić information content (AvgIpc) is 3.44. The molecular formula is C24H26FN3O4. The van der Waals surface area contributed by atoms with Crippen molar-refractivity contribution in [3.63, 3.8) is 0 Å². The first kappa shape index (κ1) is 21.8. The van der Waals surface area contributed by atoms with Gasteiger partial charge < -0.3 is 19.0 Å². The standard InChI is InChI=1S/C24H26FN3O4/c1-3-31-14-5-13-26-23(30)24(2)16-27-19(21-6-4-15-32-21)11-12-20(27)22(29)28(24)18-9-7-17(25)8-10-18/h4,6-12,15H,3,5,13-14,16H2,1-2H3,(H,26,30). The van der Waals surface area contributed by atoms with E-state index in [1.165, 1.54) is 29.2 Å². The molecule has 0 bridgehead atoms. The van der Waals surface area contributed by atoms with E-state index in [1.807, 2.05) is 13.0 Å². The fourth-order valence-corrected chi connectivity index (χ4v) is 4.06. The zero-order chi connectivity index (χ0) is 22.7. The summed E-state index contributed by atoms with van der Waals surface area (Å²) >= 11 is 0. The molecule has 7 nitrogen and oxygen atoms in total. The number of halogens is 1. The summed E-state index contributed by atoms with van der Waals surface area (Å²) in [7, 11) is 0. The molecule has 0 radical (unpaired) electrons. The normalized spacial score (nSPS) is 18.0. The molecular weight excluding hydrogens is 413 g/mol. The Hall–Kier alpha value is -3.39. The van der Waals surface area contributed by atoms with Crippen LogP contribution in [0.4, 0.5) is 10.1 Å². The number of benzene rings is 1. The highest BCUT2D eigenvalue weighted by Crippen LogP contribution is 2.36. The third-order valence-electron chi connectivity index (χ3n) is 5.67. The summed E-state index contributed by atoms with van der Waals surface area (Å²) in [5.41, 5.74) is 0.360. The Labute approximate surface area is 185 Å². The van der Waals surface area contributed by atoms with Crippen molar-refractivity contribution in [2.45, 2.75) is 32.4 Å². The first-order chi connectivity index (χ1) is 15.5. The quantitative estimate of drug-likeness (QED) is 0.541. The number of aromatic nitrogens is 1. The molecule has 0 saturated carbocycles. The van der Waals surface area contributed by atoms with Crippen LogP contribution in [-0.4, -0.2) is 41.7 Å². The molecule has 2 aromatic heterocycles. The number of carbonyl (C=O) groups is 2. The Balaban J connectivity index is 1.71. The fourth-order valence-electron chi connectivity index (χ4n) is 4.06. The van der Waals surface area contributed by atoms with Crippen LogP contribution in [0.1, 0.15) is 30.8 Å². The van der Waals surface area contributed by atoms with Crippen LogP contribution in [0.5, 0.6) is 0 Å². The number of amides is 2. The van der Waals surface area contributed by atoms with E-state index < -0.39 is 11.4 Å². The predicted molar refractivity (Wildman–Crippen MR) is 118 cm³/mol. The third kappa shape index (κ3) is 3.93. The average molecular weight is 439 g/mol. The van der Waals surface area contributed by atoms with Gasteiger partial charge in [0.25, 0.3) is 5.91 Å². The van der Waals surface area contributed by atoms with E-state index in [2.05, 4.69) is 5.32 Å². The lowest BCUT2D eigenvalue weighted by Crippen LogP contribution is -2.64. The largest absolute Gasteiger partial charge is 0.463 e. The molecule has 1 aliphatic heterocycles. The van der Waals surface area contributed by atoms with E-state index in [0.717, 1.165) is 0 Å². The first-order valence-electron chi connectivity index (χ1n) is 10.7. The minimum absolute atomic E-state index is 0.214. The molecule has 3 heterocycles. The molecule has 32 heavy (non-hydrogen) atoms. The zero-order valence-corrected chi connectivity index (χ0v) is 18.1. The molecule has 168 valence electrons. The second kappa shape index (κ2) is 9.00. The van der Waals surface area contributed by atoms with Gasteiger partial charge in [-0.2, -0.15) is 0 Å². The van der Waals surface area contributed by atoms with E-state index in [-0.39, 0.29) is 18.4 Å². The van der Waals surface area contributed by atoms with Crippen molar-refractivity contribution in [3.8, 4) is 11.5 Å². The summed E-state index contributed by atoms with van der Waals surface area (Å²) < 4.78 is 26.2. The summed E-state index contributed by atoms with van der Waals surface area (Å²) in [5.74, 6) is -0.438. The number of hydrogen-bond donors (Lipinski definition) is 1. The van der Waals surface area contributed by atoms with Crippen LogP contribution in [0.3, 0.4) is 0 Å². The highest BCUT2D eigenvalue weighted by molar-refractivity contribution is 6.12. The molecule has 0 aliphatic carbocycles. The highest BCUT2D eigenvalue weighted by atomic mass is 19.1. The van der Waals surface area contributed by atoms with Crippen molar-refractivity contribution >= 4 is 17.5 Å². The molecule has 1 aliphatic rings. The van der Waals surface area contributed by atoms with E-state index in [0.29, 0.717) is 49.0 Å². The highest BCUT2D eigenvalue weighted by Gasteiger charge is 2.48. The number of rotatable bonds is 8. The maximum atomic E-state index is 13.6. The fraction of sp³-hybridized carbons (Fsp3) is 0.333. The number of ether oxygens (including phenoxy) is 1. The van der Waals surface area contributed by atoms with Gasteiger partial charge in [-0.15, -0.1) is 0 Å². The molecule has 2 amide bonds. The monoisotopic (exact) mass is 439 g/mol. The molecule has 3 aromatic rings. The van der Waals surface area contributed by atoms with Crippen LogP contribution in [-0.2, 0) is 16.1 Å². The van der Waals surface area contributed by atoms with Gasteiger partial charge >= 0.3 is 0 Å². The van der Waals surface area contributed by atoms with Crippen LogP contribution >= 0.6 is 0 Å². The van der Waals surface area contributed by atoms with Crippen LogP contribution in [0, 0.1) is 5.82 Å². The lowest BCUT2D eigenvalue weighted by molar-refractivity contribution is -0.126. The summed E-state index contributed by atoms with van der Waals surface area (Å²) in [6.07, 6.45) is 2.22. The second-order valence-corrected chi connectivity index (χ2v) is 7.86. The van der Waals surface area contributed by atoms with Gasteiger partial charge in [-0.25, -0.2) is 4.39 Å². The maximum Gasteiger partial charge on any atom is 0.275 e. The van der Waals surface area contributed by atoms with Gasteiger partial charge in [-0.05, 0) is 68.8 Å². The molecule has 8 heteroatoms. The molecule has 0 spiro atoms.